The summed E-state index contributed by atoms with van der Waals surface area (Å²) < 4.78 is 9.76. The number of likely N-dealkylation sites (tertiary alicyclic amines) is 1. The summed E-state index contributed by atoms with van der Waals surface area (Å²) in [6.07, 6.45) is 2.87. The van der Waals surface area contributed by atoms with Crippen LogP contribution in [0.4, 0.5) is 0 Å². The Morgan fingerprint density at radius 1 is 0.857 bits per heavy atom. The van der Waals surface area contributed by atoms with Gasteiger partial charge < -0.3 is 20.5 Å². The number of nitrogens with two attached hydrogens (primary N) is 1. The summed E-state index contributed by atoms with van der Waals surface area (Å²) in [4.78, 5) is 77.6. The zero-order valence-corrected chi connectivity index (χ0v) is 35.2. The van der Waals surface area contributed by atoms with Gasteiger partial charge in [-0.2, -0.15) is 0 Å². The van der Waals surface area contributed by atoms with E-state index in [-0.39, 0.29) is 56.6 Å². The number of unbranched alkanes of at least 4 members (excludes halogenated alkanes) is 2. The van der Waals surface area contributed by atoms with E-state index in [9.17, 15) is 28.8 Å². The third kappa shape index (κ3) is 11.3. The third-order valence-electron chi connectivity index (χ3n) is 9.65. The Hall–Kier alpha value is -4.10. The second kappa shape index (κ2) is 21.4. The molecule has 4 N–H and O–H groups in total. The number of nitrogens with one attached hydrogen (secondary N) is 2. The molecular formula is C41H52BrN4O8PS. The molecule has 3 aromatic rings. The molecule has 0 aromatic heterocycles. The Labute approximate surface area is 341 Å². The molecule has 3 aromatic carbocycles. The molecule has 12 nitrogen and oxygen atoms in total. The van der Waals surface area contributed by atoms with E-state index in [1.807, 2.05) is 18.2 Å². The van der Waals surface area contributed by atoms with E-state index in [0.717, 1.165) is 30.8 Å². The van der Waals surface area contributed by atoms with Gasteiger partial charge in [-0.15, -0.1) is 0 Å². The van der Waals surface area contributed by atoms with Crippen molar-refractivity contribution in [2.75, 3.05) is 38.2 Å². The number of benzene rings is 3. The molecule has 0 radical (unpaired) electrons. The first-order valence-corrected chi connectivity index (χ1v) is 24.4. The summed E-state index contributed by atoms with van der Waals surface area (Å²) >= 11 is 5.57. The zero-order valence-electron chi connectivity index (χ0n) is 31.9. The molecule has 0 bridgehead atoms. The fraction of sp³-hybridized carbons (Fsp3) is 0.415. The number of carbonyl (C=O) groups is 6. The van der Waals surface area contributed by atoms with Gasteiger partial charge in [-0.1, -0.05) is 0 Å². The Bertz CT molecular complexity index is 1710. The number of hydrogen-bond donors (Lipinski definition) is 3. The van der Waals surface area contributed by atoms with Gasteiger partial charge in [0.05, 0.1) is 13.2 Å². The van der Waals surface area contributed by atoms with E-state index in [2.05, 4.69) is 98.9 Å². The van der Waals surface area contributed by atoms with Crippen molar-refractivity contribution in [3.05, 3.63) is 91.0 Å². The Kier molecular flexibility index (Phi) is 17.1. The zero-order chi connectivity index (χ0) is 40.6. The molecule has 56 heavy (non-hydrogen) atoms. The molecule has 1 fully saturated rings. The van der Waals surface area contributed by atoms with E-state index < -0.39 is 52.9 Å². The van der Waals surface area contributed by atoms with Gasteiger partial charge in [-0.05, 0) is 20.3 Å². The first-order valence-electron chi connectivity index (χ1n) is 18.9. The first-order chi connectivity index (χ1) is 26.9. The number of thioether (sulfide) groups is 1. The van der Waals surface area contributed by atoms with Crippen molar-refractivity contribution >= 4 is 84.0 Å². The molecular weight excluding hydrogens is 819 g/mol. The van der Waals surface area contributed by atoms with Crippen LogP contribution in [0.2, 0.25) is 0 Å². The minimum atomic E-state index is -3.10. The van der Waals surface area contributed by atoms with Gasteiger partial charge in [0, 0.05) is 6.42 Å². The van der Waals surface area contributed by atoms with Crippen LogP contribution >= 0.6 is 32.6 Å². The van der Waals surface area contributed by atoms with E-state index in [1.54, 1.807) is 13.8 Å². The summed E-state index contributed by atoms with van der Waals surface area (Å²) in [5.74, 6) is -3.17. The standard InChI is InChI=1S/C41H52BrN4O8PS/c1-3-53-38(49)28-44-39(50)34(45-36(47)24-23-33(43)41(52)54-4-2)29-56-35-27-37(48)46(40(35)51)25-15-8-16-26-55(42,30-17-9-5-10-18-30,31-19-11-6-12-20-31)32-21-13-7-14-22-32/h5-7,9-14,17-22,33-35H,3-4,8,15-16,23-29,43H2,1-2H3,(H,44,50)(H,45,47). The van der Waals surface area contributed by atoms with Crippen molar-refractivity contribution in [2.24, 2.45) is 5.73 Å². The fourth-order valence-corrected chi connectivity index (χ4v) is 15.7. The summed E-state index contributed by atoms with van der Waals surface area (Å²) in [6, 6.07) is 29.5. The maximum absolute atomic E-state index is 13.5. The van der Waals surface area contributed by atoms with Crippen molar-refractivity contribution < 1.29 is 38.2 Å². The number of ether oxygens (including phenoxy) is 2. The molecule has 0 spiro atoms. The van der Waals surface area contributed by atoms with Gasteiger partial charge >= 0.3 is 244 Å². The van der Waals surface area contributed by atoms with E-state index in [0.29, 0.717) is 6.42 Å². The van der Waals surface area contributed by atoms with Crippen molar-refractivity contribution in [3.63, 3.8) is 0 Å². The molecule has 15 heteroatoms. The first kappa shape index (κ1) is 44.6. The van der Waals surface area contributed by atoms with Crippen molar-refractivity contribution in [1.82, 2.24) is 15.5 Å². The number of imide groups is 1. The monoisotopic (exact) mass is 870 g/mol. The van der Waals surface area contributed by atoms with Gasteiger partial charge in [-0.3, -0.25) is 19.2 Å². The number of amides is 4. The second-order valence-electron chi connectivity index (χ2n) is 13.4. The molecule has 1 saturated heterocycles. The topological polar surface area (TPSA) is 174 Å². The molecule has 3 unspecified atom stereocenters. The summed E-state index contributed by atoms with van der Waals surface area (Å²) in [5.41, 5.74) is 5.82. The molecule has 1 aliphatic heterocycles. The molecule has 4 amide bonds. The SMILES string of the molecule is CCOC(=O)CNC(=O)C(CSC1CC(=O)N(CCCCCP(Br)(c2ccccc2)(c2ccccc2)c2ccccc2)C1=O)NC(=O)CCC(N)C(=O)OCC. The Morgan fingerprint density at radius 3 is 1.95 bits per heavy atom. The van der Waals surface area contributed by atoms with E-state index >= 15 is 0 Å². The van der Waals surface area contributed by atoms with Crippen LogP contribution in [0.1, 0.15) is 52.4 Å². The van der Waals surface area contributed by atoms with Crippen molar-refractivity contribution in [3.8, 4) is 0 Å². The quantitative estimate of drug-likeness (QED) is 0.0585. The number of carbonyl (C=O) groups excluding carboxylic acids is 6. The third-order valence-corrected chi connectivity index (χ3v) is 21.0. The molecule has 302 valence electrons. The van der Waals surface area contributed by atoms with Gasteiger partial charge in [0.1, 0.15) is 12.6 Å². The molecule has 0 aliphatic carbocycles. The fourth-order valence-electron chi connectivity index (χ4n) is 6.73. The van der Waals surface area contributed by atoms with Crippen molar-refractivity contribution in [1.29, 1.82) is 0 Å². The molecule has 1 aliphatic rings. The smallest absolute Gasteiger partial charge is 0.465 e. The van der Waals surface area contributed by atoms with Gasteiger partial charge in [0.2, 0.25) is 5.91 Å². The molecule has 0 saturated carbocycles. The van der Waals surface area contributed by atoms with Crippen LogP contribution < -0.4 is 32.3 Å². The van der Waals surface area contributed by atoms with Crippen LogP contribution in [0.3, 0.4) is 0 Å². The average molecular weight is 872 g/mol. The summed E-state index contributed by atoms with van der Waals surface area (Å²) in [5, 5.41) is 4.92. The number of rotatable bonds is 22. The predicted molar refractivity (Wildman–Crippen MR) is 226 cm³/mol. The normalized spacial score (nSPS) is 16.0. The van der Waals surface area contributed by atoms with E-state index in [4.69, 9.17) is 15.2 Å². The Balaban J connectivity index is 1.38. The number of nitrogens with zero attached hydrogens (tertiary/aromatic N) is 1. The minimum Gasteiger partial charge on any atom is -0.465 e. The number of hydrogen-bond acceptors (Lipinski definition) is 10. The van der Waals surface area contributed by atoms with Gasteiger partial charge in [-0.25, -0.2) is 0 Å². The second-order valence-corrected chi connectivity index (χ2v) is 23.7. The van der Waals surface area contributed by atoms with Crippen LogP contribution in [0.25, 0.3) is 0 Å². The summed E-state index contributed by atoms with van der Waals surface area (Å²) in [6.45, 7) is 3.43. The summed E-state index contributed by atoms with van der Waals surface area (Å²) in [7, 11) is 0. The maximum atomic E-state index is 13.5. The molecule has 4 rings (SSSR count). The van der Waals surface area contributed by atoms with Crippen LogP contribution in [0.5, 0.6) is 0 Å². The van der Waals surface area contributed by atoms with E-state index in [1.165, 1.54) is 20.8 Å². The minimum absolute atomic E-state index is 0.0106. The predicted octanol–water partition coefficient (Wildman–Crippen LogP) is 3.69. The molecule has 3 atom stereocenters. The van der Waals surface area contributed by atoms with Crippen LogP contribution in [0.15, 0.2) is 91.0 Å². The van der Waals surface area contributed by atoms with Gasteiger partial charge in [0.15, 0.2) is 0 Å². The Morgan fingerprint density at radius 2 is 1.41 bits per heavy atom. The van der Waals surface area contributed by atoms with Crippen LogP contribution in [-0.4, -0.2) is 96.0 Å². The number of esters is 2. The van der Waals surface area contributed by atoms with Gasteiger partial charge in [0.25, 0.3) is 0 Å². The van der Waals surface area contributed by atoms with Crippen LogP contribution in [-0.2, 0) is 38.2 Å². The average Bonchev–Trinajstić information content (AvgIpc) is 3.49. The molecule has 1 heterocycles. The van der Waals surface area contributed by atoms with Crippen LogP contribution in [0, 0.1) is 0 Å². The number of halogens is 1. The van der Waals surface area contributed by atoms with Crippen molar-refractivity contribution in [2.45, 2.75) is 69.7 Å².